The minimum Gasteiger partial charge on any atom is -0.357 e. The van der Waals surface area contributed by atoms with Gasteiger partial charge in [0.1, 0.15) is 0 Å². The van der Waals surface area contributed by atoms with Crippen molar-refractivity contribution in [2.45, 2.75) is 45.1 Å². The molecule has 1 aromatic carbocycles. The minimum atomic E-state index is -3.19. The maximum Gasteiger partial charge on any atom is 0.191 e. The van der Waals surface area contributed by atoms with Crippen molar-refractivity contribution in [3.8, 4) is 0 Å². The number of hydrogen-bond acceptors (Lipinski definition) is 5. The molecule has 1 aromatic heterocycles. The fourth-order valence-electron chi connectivity index (χ4n) is 2.65. The summed E-state index contributed by atoms with van der Waals surface area (Å²) in [4.78, 5) is 10.7. The number of guanidine groups is 1. The molecule has 2 aromatic rings. The van der Waals surface area contributed by atoms with Crippen molar-refractivity contribution < 1.29 is 8.42 Å². The molecule has 0 saturated heterocycles. The van der Waals surface area contributed by atoms with E-state index < -0.39 is 9.84 Å². The van der Waals surface area contributed by atoms with E-state index in [0.717, 1.165) is 48.0 Å². The van der Waals surface area contributed by atoms with Crippen LogP contribution in [0.15, 0.2) is 34.3 Å². The molecule has 0 aliphatic carbocycles. The summed E-state index contributed by atoms with van der Waals surface area (Å²) >= 11 is 1.75. The van der Waals surface area contributed by atoms with E-state index in [4.69, 9.17) is 0 Å². The molecular formula is C19H28N4O2S2. The van der Waals surface area contributed by atoms with Crippen LogP contribution in [-0.2, 0) is 29.2 Å². The Hall–Kier alpha value is -1.93. The number of thiazole rings is 1. The van der Waals surface area contributed by atoms with Gasteiger partial charge in [0.2, 0.25) is 0 Å². The number of hydrogen-bond donors (Lipinski definition) is 2. The SMILES string of the molecule is CCNC(=NCc1ccc(S(C)(=O)=O)c(C)c1)NCCc1ncc(CC)s1. The highest BCUT2D eigenvalue weighted by Gasteiger charge is 2.10. The highest BCUT2D eigenvalue weighted by Crippen LogP contribution is 2.17. The van der Waals surface area contributed by atoms with Crippen LogP contribution in [0.3, 0.4) is 0 Å². The molecule has 0 amide bonds. The van der Waals surface area contributed by atoms with E-state index in [-0.39, 0.29) is 0 Å². The zero-order valence-corrected chi connectivity index (χ0v) is 18.0. The van der Waals surface area contributed by atoms with Gasteiger partial charge in [-0.3, -0.25) is 0 Å². The molecule has 0 aliphatic heterocycles. The van der Waals surface area contributed by atoms with Crippen molar-refractivity contribution in [1.29, 1.82) is 0 Å². The van der Waals surface area contributed by atoms with Crippen molar-refractivity contribution in [2.75, 3.05) is 19.3 Å². The third kappa shape index (κ3) is 6.62. The normalized spacial score (nSPS) is 12.2. The molecule has 1 heterocycles. The Balaban J connectivity index is 1.97. The van der Waals surface area contributed by atoms with Crippen molar-refractivity contribution in [3.63, 3.8) is 0 Å². The Morgan fingerprint density at radius 1 is 1.26 bits per heavy atom. The summed E-state index contributed by atoms with van der Waals surface area (Å²) < 4.78 is 23.4. The minimum absolute atomic E-state index is 0.371. The maximum absolute atomic E-state index is 11.7. The Morgan fingerprint density at radius 2 is 2.04 bits per heavy atom. The summed E-state index contributed by atoms with van der Waals surface area (Å²) in [6, 6.07) is 5.35. The van der Waals surface area contributed by atoms with E-state index in [0.29, 0.717) is 11.4 Å². The third-order valence-electron chi connectivity index (χ3n) is 3.98. The van der Waals surface area contributed by atoms with E-state index in [9.17, 15) is 8.42 Å². The molecule has 0 atom stereocenters. The molecule has 0 saturated carbocycles. The quantitative estimate of drug-likeness (QED) is 0.518. The number of aliphatic imine (C=N–C) groups is 1. The van der Waals surface area contributed by atoms with Crippen molar-refractivity contribution >= 4 is 27.1 Å². The average Bonchev–Trinajstić information content (AvgIpc) is 3.06. The number of nitrogens with zero attached hydrogens (tertiary/aromatic N) is 2. The smallest absolute Gasteiger partial charge is 0.191 e. The molecule has 0 fully saturated rings. The number of nitrogens with one attached hydrogen (secondary N) is 2. The molecule has 0 spiro atoms. The number of rotatable bonds is 8. The fourth-order valence-corrected chi connectivity index (χ4v) is 4.47. The van der Waals surface area contributed by atoms with E-state index in [1.165, 1.54) is 11.1 Å². The van der Waals surface area contributed by atoms with Gasteiger partial charge in [0.15, 0.2) is 15.8 Å². The molecule has 8 heteroatoms. The molecule has 148 valence electrons. The summed E-state index contributed by atoms with van der Waals surface area (Å²) in [7, 11) is -3.19. The van der Waals surface area contributed by atoms with Gasteiger partial charge in [0.25, 0.3) is 0 Å². The average molecular weight is 409 g/mol. The van der Waals surface area contributed by atoms with E-state index in [1.807, 2.05) is 32.2 Å². The lowest BCUT2D eigenvalue weighted by molar-refractivity contribution is 0.601. The van der Waals surface area contributed by atoms with Gasteiger partial charge in [-0.2, -0.15) is 0 Å². The Labute approximate surface area is 166 Å². The van der Waals surface area contributed by atoms with Crippen LogP contribution in [-0.4, -0.2) is 38.7 Å². The number of aryl methyl sites for hydroxylation is 2. The van der Waals surface area contributed by atoms with Gasteiger partial charge in [0.05, 0.1) is 16.4 Å². The van der Waals surface area contributed by atoms with Gasteiger partial charge < -0.3 is 10.6 Å². The van der Waals surface area contributed by atoms with E-state index in [1.54, 1.807) is 17.4 Å². The van der Waals surface area contributed by atoms with Gasteiger partial charge in [-0.1, -0.05) is 19.1 Å². The standard InChI is InChI=1S/C19H28N4O2S2/c1-5-16-13-22-18(26-16)9-10-21-19(20-6-2)23-12-15-7-8-17(14(3)11-15)27(4,24)25/h7-8,11,13H,5-6,9-10,12H2,1-4H3,(H2,20,21,23). The fraction of sp³-hybridized carbons (Fsp3) is 0.474. The molecule has 27 heavy (non-hydrogen) atoms. The first-order chi connectivity index (χ1) is 12.8. The summed E-state index contributed by atoms with van der Waals surface area (Å²) in [6.45, 7) is 7.99. The van der Waals surface area contributed by atoms with Crippen LogP contribution in [0, 0.1) is 6.92 Å². The second-order valence-electron chi connectivity index (χ2n) is 6.32. The van der Waals surface area contributed by atoms with Crippen LogP contribution in [0.1, 0.15) is 34.9 Å². The number of aromatic nitrogens is 1. The lowest BCUT2D eigenvalue weighted by Gasteiger charge is -2.11. The number of sulfone groups is 1. The molecule has 0 bridgehead atoms. The zero-order chi connectivity index (χ0) is 19.9. The molecule has 0 unspecified atom stereocenters. The monoisotopic (exact) mass is 408 g/mol. The van der Waals surface area contributed by atoms with Crippen LogP contribution >= 0.6 is 11.3 Å². The van der Waals surface area contributed by atoms with Crippen LogP contribution in [0.5, 0.6) is 0 Å². The van der Waals surface area contributed by atoms with Crippen LogP contribution in [0.25, 0.3) is 0 Å². The van der Waals surface area contributed by atoms with Gasteiger partial charge in [0, 0.05) is 36.8 Å². The summed E-state index contributed by atoms with van der Waals surface area (Å²) in [5.41, 5.74) is 1.73. The second kappa shape index (κ2) is 9.85. The highest BCUT2D eigenvalue weighted by atomic mass is 32.2. The van der Waals surface area contributed by atoms with Crippen molar-refractivity contribution in [3.05, 3.63) is 45.4 Å². The van der Waals surface area contributed by atoms with Crippen LogP contribution < -0.4 is 10.6 Å². The first-order valence-corrected chi connectivity index (χ1v) is 11.8. The summed E-state index contributed by atoms with van der Waals surface area (Å²) in [5, 5.41) is 7.69. The zero-order valence-electron chi connectivity index (χ0n) is 16.4. The molecular weight excluding hydrogens is 380 g/mol. The number of benzene rings is 1. The highest BCUT2D eigenvalue weighted by molar-refractivity contribution is 7.90. The van der Waals surface area contributed by atoms with Crippen molar-refractivity contribution in [2.24, 2.45) is 4.99 Å². The second-order valence-corrected chi connectivity index (χ2v) is 9.50. The van der Waals surface area contributed by atoms with Gasteiger partial charge in [-0.15, -0.1) is 11.3 Å². The maximum atomic E-state index is 11.7. The van der Waals surface area contributed by atoms with Gasteiger partial charge in [-0.25, -0.2) is 18.4 Å². The van der Waals surface area contributed by atoms with E-state index >= 15 is 0 Å². The van der Waals surface area contributed by atoms with Crippen LogP contribution in [0.4, 0.5) is 0 Å². The first kappa shape index (κ1) is 21.4. The summed E-state index contributed by atoms with van der Waals surface area (Å²) in [5.74, 6) is 0.745. The molecule has 0 radical (unpaired) electrons. The Kier molecular flexibility index (Phi) is 7.79. The lowest BCUT2D eigenvalue weighted by atomic mass is 10.1. The van der Waals surface area contributed by atoms with E-state index in [2.05, 4.69) is 27.5 Å². The summed E-state index contributed by atoms with van der Waals surface area (Å²) in [6.07, 6.45) is 5.05. The molecule has 6 nitrogen and oxygen atoms in total. The lowest BCUT2D eigenvalue weighted by Crippen LogP contribution is -2.38. The molecule has 2 rings (SSSR count). The Morgan fingerprint density at radius 3 is 2.63 bits per heavy atom. The van der Waals surface area contributed by atoms with Crippen molar-refractivity contribution in [1.82, 2.24) is 15.6 Å². The Bertz CT molecular complexity index is 889. The first-order valence-electron chi connectivity index (χ1n) is 9.08. The van der Waals surface area contributed by atoms with Crippen LogP contribution in [0.2, 0.25) is 0 Å². The molecule has 0 aliphatic rings. The predicted molar refractivity (Wildman–Crippen MR) is 112 cm³/mol. The van der Waals surface area contributed by atoms with Gasteiger partial charge >= 0.3 is 0 Å². The topological polar surface area (TPSA) is 83.5 Å². The molecule has 2 N–H and O–H groups in total. The van der Waals surface area contributed by atoms with Gasteiger partial charge in [-0.05, 0) is 37.5 Å². The largest absolute Gasteiger partial charge is 0.357 e. The predicted octanol–water partition coefficient (Wildman–Crippen LogP) is 2.72. The third-order valence-corrected chi connectivity index (χ3v) is 6.44.